The van der Waals surface area contributed by atoms with Crippen molar-refractivity contribution in [2.24, 2.45) is 11.8 Å². The van der Waals surface area contributed by atoms with Gasteiger partial charge in [0.1, 0.15) is 23.2 Å². The second-order valence-corrected chi connectivity index (χ2v) is 10.8. The summed E-state index contributed by atoms with van der Waals surface area (Å²) in [5, 5.41) is 11.6. The first kappa shape index (κ1) is 25.8. The summed E-state index contributed by atoms with van der Waals surface area (Å²) in [5.74, 6) is 2.75. The normalized spacial score (nSPS) is 18.7. The molecule has 1 aromatic heterocycles. The number of carbonyl (C=O) groups is 1. The molecule has 3 aromatic rings. The molecule has 2 heterocycles. The molecule has 1 aliphatic heterocycles. The first-order valence-electron chi connectivity index (χ1n) is 13.4. The Morgan fingerprint density at radius 2 is 1.79 bits per heavy atom. The summed E-state index contributed by atoms with van der Waals surface area (Å²) in [7, 11) is 1.57. The zero-order valence-corrected chi connectivity index (χ0v) is 22.5. The van der Waals surface area contributed by atoms with Crippen LogP contribution >= 0.6 is 11.6 Å². The number of amides is 1. The molecular weight excluding hydrogens is 520 g/mol. The third-order valence-corrected chi connectivity index (χ3v) is 7.98. The Hall–Kier alpha value is -3.49. The molecule has 8 nitrogen and oxygen atoms in total. The predicted molar refractivity (Wildman–Crippen MR) is 146 cm³/mol. The third-order valence-electron chi connectivity index (χ3n) is 7.73. The summed E-state index contributed by atoms with van der Waals surface area (Å²) in [6.07, 6.45) is 7.27. The molecular formula is C30H31ClN2O6. The minimum atomic E-state index is -0.480. The van der Waals surface area contributed by atoms with E-state index >= 15 is 0 Å². The second-order valence-electron chi connectivity index (χ2n) is 10.4. The number of benzene rings is 2. The fourth-order valence-electron chi connectivity index (χ4n) is 5.41. The van der Waals surface area contributed by atoms with E-state index in [1.54, 1.807) is 49.6 Å². The fraction of sp³-hybridized carbons (Fsp3) is 0.400. The van der Waals surface area contributed by atoms with Gasteiger partial charge in [0.05, 0.1) is 18.9 Å². The quantitative estimate of drug-likeness (QED) is 0.337. The van der Waals surface area contributed by atoms with Crippen molar-refractivity contribution in [1.29, 1.82) is 0 Å². The van der Waals surface area contributed by atoms with Crippen LogP contribution in [0.5, 0.6) is 28.9 Å². The van der Waals surface area contributed by atoms with Crippen molar-refractivity contribution in [3.05, 3.63) is 65.3 Å². The molecule has 2 saturated carbocycles. The number of aliphatic hydroxyl groups is 1. The number of methoxy groups -OCH3 is 1. The van der Waals surface area contributed by atoms with E-state index in [0.717, 1.165) is 25.7 Å². The van der Waals surface area contributed by atoms with Crippen molar-refractivity contribution in [3.63, 3.8) is 0 Å². The van der Waals surface area contributed by atoms with Gasteiger partial charge in [-0.2, -0.15) is 0 Å². The van der Waals surface area contributed by atoms with Crippen molar-refractivity contribution in [3.8, 4) is 28.9 Å². The van der Waals surface area contributed by atoms with Crippen LogP contribution in [0.4, 0.5) is 5.69 Å². The third kappa shape index (κ3) is 5.49. The molecule has 9 heteroatoms. The number of rotatable bonds is 9. The van der Waals surface area contributed by atoms with Crippen molar-refractivity contribution in [2.45, 2.75) is 50.7 Å². The zero-order chi connectivity index (χ0) is 26.9. The van der Waals surface area contributed by atoms with Gasteiger partial charge in [0.15, 0.2) is 18.2 Å². The monoisotopic (exact) mass is 550 g/mol. The van der Waals surface area contributed by atoms with Gasteiger partial charge in [0.2, 0.25) is 5.88 Å². The van der Waals surface area contributed by atoms with Crippen LogP contribution in [-0.2, 0) is 0 Å². The van der Waals surface area contributed by atoms with Gasteiger partial charge in [-0.3, -0.25) is 9.69 Å². The van der Waals surface area contributed by atoms with E-state index in [4.69, 9.17) is 30.5 Å². The molecule has 0 radical (unpaired) electrons. The summed E-state index contributed by atoms with van der Waals surface area (Å²) in [5.41, 5.74) is 0.939. The Morgan fingerprint density at radius 1 is 1.03 bits per heavy atom. The van der Waals surface area contributed by atoms with E-state index < -0.39 is 6.10 Å². The number of anilines is 1. The Morgan fingerprint density at radius 3 is 2.51 bits per heavy atom. The van der Waals surface area contributed by atoms with Gasteiger partial charge in [-0.25, -0.2) is 4.98 Å². The summed E-state index contributed by atoms with van der Waals surface area (Å²) >= 11 is 5.93. The van der Waals surface area contributed by atoms with Crippen molar-refractivity contribution >= 4 is 23.2 Å². The standard InChI is InChI=1S/C30H31ClN2O6/c1-36-26-14-21(10-13-24(26)39-29(19-4-2-3-5-19)28(34)18-6-7-18)33-17-37-25-15-27(32-16-23(25)30(33)35)38-22-11-8-20(31)9-12-22/h8-16,18-19,28-29,34H,2-7,17H2,1H3/t28-,29?/m1/s1. The number of aliphatic hydroxyl groups excluding tert-OH is 1. The number of halogens is 1. The Kier molecular flexibility index (Phi) is 7.23. The molecule has 2 aliphatic carbocycles. The zero-order valence-electron chi connectivity index (χ0n) is 21.7. The van der Waals surface area contributed by atoms with Gasteiger partial charge >= 0.3 is 0 Å². The van der Waals surface area contributed by atoms with Crippen LogP contribution in [0, 0.1) is 11.8 Å². The largest absolute Gasteiger partial charge is 0.493 e. The maximum Gasteiger partial charge on any atom is 0.266 e. The number of ether oxygens (including phenoxy) is 4. The van der Waals surface area contributed by atoms with Gasteiger partial charge in [-0.05, 0) is 73.9 Å². The SMILES string of the molecule is COc1cc(N2COc3cc(Oc4ccc(Cl)cc4)ncc3C2=O)ccc1OC(C1CCCC1)[C@H](O)C1CC1. The van der Waals surface area contributed by atoms with Crippen molar-refractivity contribution < 1.29 is 28.8 Å². The maximum atomic E-state index is 13.4. The van der Waals surface area contributed by atoms with E-state index in [2.05, 4.69) is 4.98 Å². The number of pyridine rings is 1. The smallest absolute Gasteiger partial charge is 0.266 e. The molecule has 2 atom stereocenters. The van der Waals surface area contributed by atoms with Crippen LogP contribution in [0.15, 0.2) is 54.7 Å². The lowest BCUT2D eigenvalue weighted by Gasteiger charge is -2.31. The number of carbonyl (C=O) groups excluding carboxylic acids is 1. The topological polar surface area (TPSA) is 90.4 Å². The van der Waals surface area contributed by atoms with Crippen molar-refractivity contribution in [2.75, 3.05) is 18.7 Å². The van der Waals surface area contributed by atoms with E-state index in [0.29, 0.717) is 57.0 Å². The van der Waals surface area contributed by atoms with Gasteiger partial charge in [-0.1, -0.05) is 24.4 Å². The highest BCUT2D eigenvalue weighted by atomic mass is 35.5. The summed E-state index contributed by atoms with van der Waals surface area (Å²) in [6.45, 7) is 0.0185. The summed E-state index contributed by atoms with van der Waals surface area (Å²) in [4.78, 5) is 19.2. The summed E-state index contributed by atoms with van der Waals surface area (Å²) < 4.78 is 23.8. The molecule has 0 spiro atoms. The molecule has 0 saturated heterocycles. The number of nitrogens with zero attached hydrogens (tertiary/aromatic N) is 2. The number of aromatic nitrogens is 1. The van der Waals surface area contributed by atoms with Gasteiger partial charge in [-0.15, -0.1) is 0 Å². The van der Waals surface area contributed by atoms with E-state index in [-0.39, 0.29) is 18.7 Å². The van der Waals surface area contributed by atoms with Gasteiger partial charge in [0, 0.05) is 23.4 Å². The van der Waals surface area contributed by atoms with Crippen LogP contribution in [-0.4, -0.2) is 42.0 Å². The average molecular weight is 551 g/mol. The molecule has 1 unspecified atom stereocenters. The number of hydrogen-bond donors (Lipinski definition) is 1. The molecule has 2 fully saturated rings. The average Bonchev–Trinajstić information content (AvgIpc) is 3.67. The van der Waals surface area contributed by atoms with Gasteiger partial charge in [0.25, 0.3) is 5.91 Å². The molecule has 1 N–H and O–H groups in total. The van der Waals surface area contributed by atoms with Crippen molar-refractivity contribution in [1.82, 2.24) is 4.98 Å². The molecule has 6 rings (SSSR count). The minimum absolute atomic E-state index is 0.0185. The van der Waals surface area contributed by atoms with Gasteiger partial charge < -0.3 is 24.1 Å². The molecule has 2 aromatic carbocycles. The number of hydrogen-bond acceptors (Lipinski definition) is 7. The van der Waals surface area contributed by atoms with E-state index in [9.17, 15) is 9.90 Å². The lowest BCUT2D eigenvalue weighted by atomic mass is 9.93. The lowest BCUT2D eigenvalue weighted by molar-refractivity contribution is -0.0116. The molecule has 3 aliphatic rings. The highest BCUT2D eigenvalue weighted by Crippen LogP contribution is 2.42. The Labute approximate surface area is 232 Å². The molecule has 204 valence electrons. The Bertz CT molecular complexity index is 1340. The van der Waals surface area contributed by atoms with Crippen LogP contribution < -0.4 is 23.8 Å². The highest BCUT2D eigenvalue weighted by molar-refractivity contribution is 6.30. The molecule has 1 amide bonds. The molecule has 39 heavy (non-hydrogen) atoms. The van der Waals surface area contributed by atoms with Crippen LogP contribution in [0.3, 0.4) is 0 Å². The van der Waals surface area contributed by atoms with Crippen LogP contribution in [0.2, 0.25) is 5.02 Å². The van der Waals surface area contributed by atoms with E-state index in [1.165, 1.54) is 23.9 Å². The highest BCUT2D eigenvalue weighted by Gasteiger charge is 2.41. The second kappa shape index (κ2) is 10.9. The first-order chi connectivity index (χ1) is 19.0. The van der Waals surface area contributed by atoms with E-state index in [1.807, 2.05) is 6.07 Å². The Balaban J connectivity index is 1.19. The fourth-order valence-corrected chi connectivity index (χ4v) is 5.54. The van der Waals surface area contributed by atoms with Crippen LogP contribution in [0.1, 0.15) is 48.9 Å². The maximum absolute atomic E-state index is 13.4. The first-order valence-corrected chi connectivity index (χ1v) is 13.8. The minimum Gasteiger partial charge on any atom is -0.493 e. The summed E-state index contributed by atoms with van der Waals surface area (Å²) in [6, 6.07) is 13.9. The van der Waals surface area contributed by atoms with Crippen LogP contribution in [0.25, 0.3) is 0 Å². The molecule has 0 bridgehead atoms. The predicted octanol–water partition coefficient (Wildman–Crippen LogP) is 6.24. The number of fused-ring (bicyclic) bond motifs is 1. The lowest BCUT2D eigenvalue weighted by Crippen LogP contribution is -2.39.